The van der Waals surface area contributed by atoms with Gasteiger partial charge in [0.2, 0.25) is 0 Å². The van der Waals surface area contributed by atoms with Gasteiger partial charge in [0.15, 0.2) is 0 Å². The Labute approximate surface area is 113 Å². The maximum absolute atomic E-state index is 4.66. The van der Waals surface area contributed by atoms with Gasteiger partial charge in [0, 0.05) is 6.54 Å². The first kappa shape index (κ1) is 12.0. The van der Waals surface area contributed by atoms with Crippen molar-refractivity contribution < 1.29 is 0 Å². The molecule has 0 aliphatic carbocycles. The van der Waals surface area contributed by atoms with Gasteiger partial charge in [-0.1, -0.05) is 12.1 Å². The smallest absolute Gasteiger partial charge is 0.132 e. The SMILES string of the molecule is Cc1cccc(-n2nc(C)c(C3=NCCN3)c2C)c1. The summed E-state index contributed by atoms with van der Waals surface area (Å²) in [6.07, 6.45) is 0. The van der Waals surface area contributed by atoms with E-state index in [0.717, 1.165) is 41.6 Å². The van der Waals surface area contributed by atoms with Crippen LogP contribution in [0.5, 0.6) is 0 Å². The van der Waals surface area contributed by atoms with Crippen LogP contribution in [0, 0.1) is 20.8 Å². The van der Waals surface area contributed by atoms with Crippen LogP contribution < -0.4 is 5.32 Å². The summed E-state index contributed by atoms with van der Waals surface area (Å²) in [5.74, 6) is 0.980. The molecular formula is C15H18N4. The number of amidine groups is 1. The Bertz CT molecular complexity index is 652. The van der Waals surface area contributed by atoms with E-state index in [1.165, 1.54) is 5.56 Å². The number of aromatic nitrogens is 2. The zero-order valence-electron chi connectivity index (χ0n) is 11.6. The number of aryl methyl sites for hydroxylation is 2. The summed E-state index contributed by atoms with van der Waals surface area (Å²) in [7, 11) is 0. The molecule has 4 heteroatoms. The molecule has 0 saturated carbocycles. The number of nitrogens with zero attached hydrogens (tertiary/aromatic N) is 3. The van der Waals surface area contributed by atoms with Crippen molar-refractivity contribution in [1.82, 2.24) is 15.1 Å². The number of nitrogens with one attached hydrogen (secondary N) is 1. The first-order valence-corrected chi connectivity index (χ1v) is 6.59. The van der Waals surface area contributed by atoms with Gasteiger partial charge in [-0.05, 0) is 38.5 Å². The highest BCUT2D eigenvalue weighted by atomic mass is 15.3. The lowest BCUT2D eigenvalue weighted by molar-refractivity contribution is 0.832. The van der Waals surface area contributed by atoms with Crippen LogP contribution in [0.3, 0.4) is 0 Å². The lowest BCUT2D eigenvalue weighted by Gasteiger charge is -2.06. The maximum Gasteiger partial charge on any atom is 0.132 e. The summed E-state index contributed by atoms with van der Waals surface area (Å²) in [4.78, 5) is 4.50. The third-order valence-electron chi connectivity index (χ3n) is 3.45. The number of hydrogen-bond acceptors (Lipinski definition) is 3. The van der Waals surface area contributed by atoms with Crippen molar-refractivity contribution in [2.45, 2.75) is 20.8 Å². The molecule has 1 aromatic heterocycles. The van der Waals surface area contributed by atoms with Crippen molar-refractivity contribution in [1.29, 1.82) is 0 Å². The summed E-state index contributed by atoms with van der Waals surface area (Å²) in [6.45, 7) is 8.00. The highest BCUT2D eigenvalue weighted by Crippen LogP contribution is 2.19. The second-order valence-corrected chi connectivity index (χ2v) is 4.95. The minimum atomic E-state index is 0.851. The third kappa shape index (κ3) is 2.03. The molecule has 98 valence electrons. The van der Waals surface area contributed by atoms with Gasteiger partial charge in [0.05, 0.1) is 29.2 Å². The molecule has 0 bridgehead atoms. The number of aliphatic imine (C=N–C) groups is 1. The lowest BCUT2D eigenvalue weighted by atomic mass is 10.1. The molecule has 0 radical (unpaired) electrons. The molecule has 1 N–H and O–H groups in total. The molecule has 19 heavy (non-hydrogen) atoms. The molecule has 2 heterocycles. The second kappa shape index (κ2) is 4.53. The van der Waals surface area contributed by atoms with Gasteiger partial charge in [-0.2, -0.15) is 5.10 Å². The van der Waals surface area contributed by atoms with E-state index in [1.54, 1.807) is 0 Å². The van der Waals surface area contributed by atoms with E-state index in [2.05, 4.69) is 53.5 Å². The summed E-state index contributed by atoms with van der Waals surface area (Å²) in [5, 5.41) is 7.99. The molecule has 0 spiro atoms. The van der Waals surface area contributed by atoms with E-state index in [0.29, 0.717) is 0 Å². The van der Waals surface area contributed by atoms with Crippen LogP contribution in [0.15, 0.2) is 29.3 Å². The van der Waals surface area contributed by atoms with E-state index >= 15 is 0 Å². The molecule has 3 rings (SSSR count). The molecule has 1 aromatic carbocycles. The molecule has 0 unspecified atom stereocenters. The van der Waals surface area contributed by atoms with Crippen LogP contribution in [0.2, 0.25) is 0 Å². The molecule has 0 atom stereocenters. The monoisotopic (exact) mass is 254 g/mol. The predicted molar refractivity (Wildman–Crippen MR) is 77.2 cm³/mol. The Hall–Kier alpha value is -2.10. The Kier molecular flexibility index (Phi) is 2.85. The van der Waals surface area contributed by atoms with Crippen LogP contribution in [-0.2, 0) is 0 Å². The van der Waals surface area contributed by atoms with Crippen LogP contribution >= 0.6 is 0 Å². The third-order valence-corrected chi connectivity index (χ3v) is 3.45. The zero-order chi connectivity index (χ0) is 13.4. The van der Waals surface area contributed by atoms with E-state index in [4.69, 9.17) is 0 Å². The van der Waals surface area contributed by atoms with Gasteiger partial charge < -0.3 is 5.32 Å². The molecule has 0 amide bonds. The van der Waals surface area contributed by atoms with Crippen molar-refractivity contribution >= 4 is 5.84 Å². The molecule has 4 nitrogen and oxygen atoms in total. The van der Waals surface area contributed by atoms with Crippen molar-refractivity contribution in [3.63, 3.8) is 0 Å². The van der Waals surface area contributed by atoms with Crippen molar-refractivity contribution in [3.8, 4) is 5.69 Å². The van der Waals surface area contributed by atoms with Crippen LogP contribution in [-0.4, -0.2) is 28.7 Å². The van der Waals surface area contributed by atoms with E-state index in [1.807, 2.05) is 11.6 Å². The minimum Gasteiger partial charge on any atom is -0.368 e. The molecule has 0 fully saturated rings. The highest BCUT2D eigenvalue weighted by Gasteiger charge is 2.19. The number of hydrogen-bond donors (Lipinski definition) is 1. The maximum atomic E-state index is 4.66. The standard InChI is InChI=1S/C15H18N4/c1-10-5-4-6-13(9-10)19-12(3)14(11(2)18-19)15-16-7-8-17-15/h4-6,9H,7-8H2,1-3H3,(H,16,17). The number of benzene rings is 1. The summed E-state index contributed by atoms with van der Waals surface area (Å²) < 4.78 is 2.00. The number of rotatable bonds is 2. The van der Waals surface area contributed by atoms with Gasteiger partial charge in [-0.15, -0.1) is 0 Å². The van der Waals surface area contributed by atoms with Crippen molar-refractivity contribution in [2.24, 2.45) is 4.99 Å². The lowest BCUT2D eigenvalue weighted by Crippen LogP contribution is -2.20. The van der Waals surface area contributed by atoms with Crippen LogP contribution in [0.4, 0.5) is 0 Å². The average molecular weight is 254 g/mol. The molecule has 1 aliphatic rings. The van der Waals surface area contributed by atoms with Gasteiger partial charge >= 0.3 is 0 Å². The largest absolute Gasteiger partial charge is 0.368 e. The quantitative estimate of drug-likeness (QED) is 0.892. The minimum absolute atomic E-state index is 0.851. The van der Waals surface area contributed by atoms with Crippen molar-refractivity contribution in [3.05, 3.63) is 46.8 Å². The Morgan fingerprint density at radius 3 is 2.74 bits per heavy atom. The fourth-order valence-corrected chi connectivity index (χ4v) is 2.56. The first-order valence-electron chi connectivity index (χ1n) is 6.59. The summed E-state index contributed by atoms with van der Waals surface area (Å²) in [5.41, 5.74) is 5.63. The van der Waals surface area contributed by atoms with Crippen LogP contribution in [0.1, 0.15) is 22.5 Å². The molecular weight excluding hydrogens is 236 g/mol. The normalized spacial score (nSPS) is 14.4. The van der Waals surface area contributed by atoms with Gasteiger partial charge in [-0.25, -0.2) is 4.68 Å². The Morgan fingerprint density at radius 2 is 2.05 bits per heavy atom. The second-order valence-electron chi connectivity index (χ2n) is 4.95. The van der Waals surface area contributed by atoms with Gasteiger partial charge in [0.25, 0.3) is 0 Å². The first-order chi connectivity index (χ1) is 9.16. The molecule has 0 saturated heterocycles. The van der Waals surface area contributed by atoms with Crippen molar-refractivity contribution in [2.75, 3.05) is 13.1 Å². The summed E-state index contributed by atoms with van der Waals surface area (Å²) in [6, 6.07) is 8.39. The van der Waals surface area contributed by atoms with Gasteiger partial charge in [0.1, 0.15) is 5.84 Å². The van der Waals surface area contributed by atoms with E-state index in [-0.39, 0.29) is 0 Å². The zero-order valence-corrected chi connectivity index (χ0v) is 11.6. The topological polar surface area (TPSA) is 42.2 Å². The molecule has 2 aromatic rings. The van der Waals surface area contributed by atoms with Gasteiger partial charge in [-0.3, -0.25) is 4.99 Å². The summed E-state index contributed by atoms with van der Waals surface area (Å²) >= 11 is 0. The fraction of sp³-hybridized carbons (Fsp3) is 0.333. The molecule has 1 aliphatic heterocycles. The Balaban J connectivity index is 2.11. The average Bonchev–Trinajstić information content (AvgIpc) is 2.98. The Morgan fingerprint density at radius 1 is 1.21 bits per heavy atom. The van der Waals surface area contributed by atoms with E-state index in [9.17, 15) is 0 Å². The van der Waals surface area contributed by atoms with Crippen LogP contribution in [0.25, 0.3) is 5.69 Å². The predicted octanol–water partition coefficient (Wildman–Crippen LogP) is 2.15. The highest BCUT2D eigenvalue weighted by molar-refractivity contribution is 6.01. The van der Waals surface area contributed by atoms with E-state index < -0.39 is 0 Å². The fourth-order valence-electron chi connectivity index (χ4n) is 2.56.